The zero-order valence-corrected chi connectivity index (χ0v) is 12.5. The molecule has 0 aliphatic carbocycles. The van der Waals surface area contributed by atoms with Crippen LogP contribution in [0.5, 0.6) is 0 Å². The van der Waals surface area contributed by atoms with Crippen LogP contribution < -0.4 is 0 Å². The second-order valence-corrected chi connectivity index (χ2v) is 6.20. The predicted molar refractivity (Wildman–Crippen MR) is 76.7 cm³/mol. The molecule has 0 amide bonds. The van der Waals surface area contributed by atoms with Crippen LogP contribution in [-0.4, -0.2) is 10.1 Å². The van der Waals surface area contributed by atoms with Gasteiger partial charge in [-0.05, 0) is 32.4 Å². The summed E-state index contributed by atoms with van der Waals surface area (Å²) in [6, 6.07) is 3.75. The topological polar surface area (TPSA) is 33.1 Å². The molecule has 0 radical (unpaired) electrons. The Kier molecular flexibility index (Phi) is 4.20. The van der Waals surface area contributed by atoms with E-state index in [0.29, 0.717) is 17.0 Å². The van der Waals surface area contributed by atoms with Gasteiger partial charge in [0.25, 0.3) is 0 Å². The molecule has 0 fully saturated rings. The fourth-order valence-corrected chi connectivity index (χ4v) is 3.21. The normalized spacial score (nSPS) is 11.9. The molecule has 0 atom stereocenters. The zero-order valence-electron chi connectivity index (χ0n) is 11.7. The van der Waals surface area contributed by atoms with Crippen LogP contribution in [0.3, 0.4) is 0 Å². The highest BCUT2D eigenvalue weighted by Crippen LogP contribution is 2.37. The molecule has 0 saturated carbocycles. The number of hydrogen-bond donors (Lipinski definition) is 1. The summed E-state index contributed by atoms with van der Waals surface area (Å²) < 4.78 is 27.6. The van der Waals surface area contributed by atoms with Gasteiger partial charge in [0.15, 0.2) is 0 Å². The number of nitrogens with zero attached hydrogens (tertiary/aromatic N) is 1. The highest BCUT2D eigenvalue weighted by Gasteiger charge is 2.26. The van der Waals surface area contributed by atoms with Crippen LogP contribution in [0.25, 0.3) is 10.6 Å². The van der Waals surface area contributed by atoms with Crippen LogP contribution in [0, 0.1) is 11.6 Å². The van der Waals surface area contributed by atoms with Crippen LogP contribution in [0.1, 0.15) is 37.8 Å². The van der Waals surface area contributed by atoms with Gasteiger partial charge in [-0.2, -0.15) is 0 Å². The summed E-state index contributed by atoms with van der Waals surface area (Å²) in [7, 11) is 0. The molecule has 0 saturated heterocycles. The summed E-state index contributed by atoms with van der Waals surface area (Å²) in [6.45, 7) is 5.30. The fraction of sp³-hybridized carbons (Fsp3) is 0.400. The van der Waals surface area contributed by atoms with Gasteiger partial charge in [0.2, 0.25) is 0 Å². The number of aryl methyl sites for hydroxylation is 1. The molecule has 0 aliphatic rings. The van der Waals surface area contributed by atoms with E-state index in [2.05, 4.69) is 4.98 Å². The SMILES string of the molecule is CCCc1nc(-c2c(F)cccc2F)sc1C(C)(C)O. The Morgan fingerprint density at radius 2 is 1.85 bits per heavy atom. The lowest BCUT2D eigenvalue weighted by Gasteiger charge is -2.16. The quantitative estimate of drug-likeness (QED) is 0.914. The van der Waals surface area contributed by atoms with Crippen LogP contribution in [0.4, 0.5) is 8.78 Å². The summed E-state index contributed by atoms with van der Waals surface area (Å²) in [5.74, 6) is -1.27. The molecule has 5 heteroatoms. The Bertz CT molecular complexity index is 597. The van der Waals surface area contributed by atoms with Gasteiger partial charge in [-0.15, -0.1) is 11.3 Å². The van der Waals surface area contributed by atoms with Crippen LogP contribution in [0.15, 0.2) is 18.2 Å². The molecule has 108 valence electrons. The first-order valence-corrected chi connectivity index (χ1v) is 7.33. The number of hydrogen-bond acceptors (Lipinski definition) is 3. The van der Waals surface area contributed by atoms with Gasteiger partial charge in [0.05, 0.1) is 21.7 Å². The van der Waals surface area contributed by atoms with Crippen molar-refractivity contribution in [3.05, 3.63) is 40.4 Å². The number of rotatable bonds is 4. The number of benzene rings is 1. The molecular formula is C15H17F2NOS. The van der Waals surface area contributed by atoms with E-state index in [0.717, 1.165) is 17.8 Å². The lowest BCUT2D eigenvalue weighted by Crippen LogP contribution is -2.15. The summed E-state index contributed by atoms with van der Waals surface area (Å²) in [4.78, 5) is 5.00. The number of aliphatic hydroxyl groups is 1. The molecule has 20 heavy (non-hydrogen) atoms. The highest BCUT2D eigenvalue weighted by atomic mass is 32.1. The molecule has 1 aromatic carbocycles. The maximum absolute atomic E-state index is 13.8. The van der Waals surface area contributed by atoms with E-state index in [1.165, 1.54) is 18.2 Å². The van der Waals surface area contributed by atoms with Crippen molar-refractivity contribution < 1.29 is 13.9 Å². The van der Waals surface area contributed by atoms with Gasteiger partial charge < -0.3 is 5.11 Å². The van der Waals surface area contributed by atoms with Gasteiger partial charge in [-0.25, -0.2) is 13.8 Å². The summed E-state index contributed by atoms with van der Waals surface area (Å²) in [5, 5.41) is 10.5. The third-order valence-electron chi connectivity index (χ3n) is 2.92. The van der Waals surface area contributed by atoms with Crippen molar-refractivity contribution in [2.24, 2.45) is 0 Å². The molecule has 0 unspecified atom stereocenters. The molecule has 1 N–H and O–H groups in total. The van der Waals surface area contributed by atoms with Crippen molar-refractivity contribution >= 4 is 11.3 Å². The number of thiazole rings is 1. The van der Waals surface area contributed by atoms with Crippen LogP contribution >= 0.6 is 11.3 Å². The largest absolute Gasteiger partial charge is 0.385 e. The number of halogens is 2. The Hall–Kier alpha value is -1.33. The minimum Gasteiger partial charge on any atom is -0.385 e. The molecule has 2 nitrogen and oxygen atoms in total. The number of aromatic nitrogens is 1. The van der Waals surface area contributed by atoms with Crippen molar-refractivity contribution in [2.45, 2.75) is 39.2 Å². The molecular weight excluding hydrogens is 280 g/mol. The first-order valence-electron chi connectivity index (χ1n) is 6.51. The minimum absolute atomic E-state index is 0.120. The summed E-state index contributed by atoms with van der Waals surface area (Å²) in [5.41, 5.74) is -0.477. The molecule has 0 aliphatic heterocycles. The van der Waals surface area contributed by atoms with E-state index in [-0.39, 0.29) is 10.6 Å². The van der Waals surface area contributed by atoms with E-state index < -0.39 is 17.2 Å². The molecule has 1 heterocycles. The Balaban J connectivity index is 2.59. The highest BCUT2D eigenvalue weighted by molar-refractivity contribution is 7.15. The van der Waals surface area contributed by atoms with E-state index in [9.17, 15) is 13.9 Å². The van der Waals surface area contributed by atoms with E-state index in [4.69, 9.17) is 0 Å². The van der Waals surface area contributed by atoms with E-state index >= 15 is 0 Å². The second-order valence-electron chi connectivity index (χ2n) is 5.20. The van der Waals surface area contributed by atoms with E-state index in [1.54, 1.807) is 13.8 Å². The Labute approximate surface area is 121 Å². The second kappa shape index (κ2) is 5.58. The average Bonchev–Trinajstić information content (AvgIpc) is 2.73. The third-order valence-corrected chi connectivity index (χ3v) is 4.34. The molecule has 0 spiro atoms. The van der Waals surface area contributed by atoms with E-state index in [1.807, 2.05) is 6.92 Å². The van der Waals surface area contributed by atoms with Gasteiger partial charge in [0.1, 0.15) is 16.6 Å². The fourth-order valence-electron chi connectivity index (χ4n) is 2.05. The van der Waals surface area contributed by atoms with Crippen molar-refractivity contribution in [3.63, 3.8) is 0 Å². The van der Waals surface area contributed by atoms with Crippen molar-refractivity contribution in [2.75, 3.05) is 0 Å². The molecule has 0 bridgehead atoms. The maximum Gasteiger partial charge on any atom is 0.136 e. The maximum atomic E-state index is 13.8. The first kappa shape index (κ1) is 15.1. The van der Waals surface area contributed by atoms with Crippen LogP contribution in [-0.2, 0) is 12.0 Å². The minimum atomic E-state index is -1.07. The first-order chi connectivity index (χ1) is 9.34. The zero-order chi connectivity index (χ0) is 14.9. The van der Waals surface area contributed by atoms with Gasteiger partial charge in [-0.3, -0.25) is 0 Å². The van der Waals surface area contributed by atoms with Gasteiger partial charge >= 0.3 is 0 Å². The molecule has 2 rings (SSSR count). The lowest BCUT2D eigenvalue weighted by molar-refractivity contribution is 0.0813. The molecule has 2 aromatic rings. The predicted octanol–water partition coefficient (Wildman–Crippen LogP) is 4.27. The summed E-state index contributed by atoms with van der Waals surface area (Å²) in [6.07, 6.45) is 1.53. The van der Waals surface area contributed by atoms with Gasteiger partial charge in [-0.1, -0.05) is 19.4 Å². The van der Waals surface area contributed by atoms with Crippen LogP contribution in [0.2, 0.25) is 0 Å². The van der Waals surface area contributed by atoms with Gasteiger partial charge in [0, 0.05) is 0 Å². The lowest BCUT2D eigenvalue weighted by atomic mass is 10.0. The average molecular weight is 297 g/mol. The standard InChI is InChI=1S/C15H17F2NOS/c1-4-6-11-13(15(2,3)19)20-14(18-11)12-9(16)7-5-8-10(12)17/h5,7-8,19H,4,6H2,1-3H3. The van der Waals surface area contributed by atoms with Crippen molar-refractivity contribution in [3.8, 4) is 10.6 Å². The summed E-state index contributed by atoms with van der Waals surface area (Å²) >= 11 is 1.15. The smallest absolute Gasteiger partial charge is 0.136 e. The Morgan fingerprint density at radius 3 is 2.35 bits per heavy atom. The van der Waals surface area contributed by atoms with Crippen molar-refractivity contribution in [1.29, 1.82) is 0 Å². The Morgan fingerprint density at radius 1 is 1.25 bits per heavy atom. The third kappa shape index (κ3) is 2.88. The molecule has 1 aromatic heterocycles. The monoisotopic (exact) mass is 297 g/mol. The van der Waals surface area contributed by atoms with Crippen molar-refractivity contribution in [1.82, 2.24) is 4.98 Å².